The van der Waals surface area contributed by atoms with E-state index in [1.807, 2.05) is 98.8 Å². The van der Waals surface area contributed by atoms with Crippen LogP contribution in [0.5, 0.6) is 23.0 Å². The van der Waals surface area contributed by atoms with Crippen LogP contribution in [0.4, 0.5) is 11.4 Å². The number of rotatable bonds is 10. The number of aryl methyl sites for hydroxylation is 1. The lowest BCUT2D eigenvalue weighted by Gasteiger charge is -2.20. The average Bonchev–Trinajstić information content (AvgIpc) is 2.94. The molecule has 0 aromatic heterocycles. The summed E-state index contributed by atoms with van der Waals surface area (Å²) in [5, 5.41) is 0. The molecule has 0 aliphatic rings. The second kappa shape index (κ2) is 14.9. The van der Waals surface area contributed by atoms with E-state index in [4.69, 9.17) is 30.4 Å². The molecule has 4 aromatic rings. The van der Waals surface area contributed by atoms with Gasteiger partial charge in [-0.15, -0.1) is 0 Å². The third kappa shape index (κ3) is 11.4. The smallest absolute Gasteiger partial charge is 0.130 e. The third-order valence-corrected chi connectivity index (χ3v) is 6.15. The van der Waals surface area contributed by atoms with Crippen LogP contribution >= 0.6 is 0 Å². The van der Waals surface area contributed by atoms with Crippen molar-refractivity contribution in [3.63, 3.8) is 0 Å². The zero-order valence-electron chi connectivity index (χ0n) is 25.1. The Balaban J connectivity index is 0.000000228. The molecule has 0 amide bonds. The Hall–Kier alpha value is -4.32. The number of ether oxygens (including phenoxy) is 4. The zero-order valence-corrected chi connectivity index (χ0v) is 25.1. The van der Waals surface area contributed by atoms with Gasteiger partial charge in [0, 0.05) is 11.4 Å². The second-order valence-electron chi connectivity index (χ2n) is 11.2. The van der Waals surface area contributed by atoms with Crippen molar-refractivity contribution in [1.82, 2.24) is 0 Å². The molecule has 0 heterocycles. The zero-order chi connectivity index (χ0) is 29.8. The van der Waals surface area contributed by atoms with E-state index in [9.17, 15) is 0 Å². The number of nitrogen functional groups attached to an aromatic ring is 2. The summed E-state index contributed by atoms with van der Waals surface area (Å²) in [5.74, 6) is 3.32. The number of nitrogens with two attached hydrogens (primary N) is 2. The van der Waals surface area contributed by atoms with Crippen LogP contribution in [0.15, 0.2) is 97.1 Å². The van der Waals surface area contributed by atoms with Gasteiger partial charge in [-0.05, 0) is 105 Å². The Kier molecular flexibility index (Phi) is 11.3. The Morgan fingerprint density at radius 3 is 1.24 bits per heavy atom. The molecule has 0 spiro atoms. The van der Waals surface area contributed by atoms with E-state index in [1.165, 1.54) is 11.1 Å². The van der Waals surface area contributed by atoms with Crippen LogP contribution in [0.25, 0.3) is 0 Å². The van der Waals surface area contributed by atoms with Gasteiger partial charge >= 0.3 is 0 Å². The molecule has 0 fully saturated rings. The quantitative estimate of drug-likeness (QED) is 0.194. The minimum atomic E-state index is -0.0296. The molecule has 2 atom stereocenters. The van der Waals surface area contributed by atoms with Crippen molar-refractivity contribution in [1.29, 1.82) is 0 Å². The van der Waals surface area contributed by atoms with Crippen LogP contribution in [-0.2, 0) is 5.41 Å². The molecule has 0 bridgehead atoms. The molecule has 4 N–H and O–H groups in total. The summed E-state index contributed by atoms with van der Waals surface area (Å²) in [7, 11) is 0. The summed E-state index contributed by atoms with van der Waals surface area (Å²) in [6, 6.07) is 31.0. The molecular weight excluding hydrogens is 512 g/mol. The fourth-order valence-electron chi connectivity index (χ4n) is 3.74. The molecule has 41 heavy (non-hydrogen) atoms. The van der Waals surface area contributed by atoms with Crippen molar-refractivity contribution < 1.29 is 18.9 Å². The van der Waals surface area contributed by atoms with Crippen molar-refractivity contribution in [3.05, 3.63) is 108 Å². The van der Waals surface area contributed by atoms with Crippen LogP contribution in [-0.4, -0.2) is 25.4 Å². The highest BCUT2D eigenvalue weighted by Gasteiger charge is 2.13. The molecule has 0 saturated heterocycles. The first-order valence-corrected chi connectivity index (χ1v) is 13.9. The summed E-state index contributed by atoms with van der Waals surface area (Å²) >= 11 is 0. The maximum atomic E-state index is 5.88. The Labute approximate surface area is 245 Å². The fraction of sp³-hybridized carbons (Fsp3) is 0.314. The molecule has 0 aliphatic carbocycles. The van der Waals surface area contributed by atoms with E-state index in [0.717, 1.165) is 34.4 Å². The lowest BCUT2D eigenvalue weighted by Crippen LogP contribution is -2.21. The first-order valence-electron chi connectivity index (χ1n) is 13.9. The van der Waals surface area contributed by atoms with Gasteiger partial charge < -0.3 is 30.4 Å². The summed E-state index contributed by atoms with van der Waals surface area (Å²) < 4.78 is 23.0. The SMILES string of the molecule is CC(COc1ccc(N)cc1)Oc1ccc(C(C)(C)C)cc1.Cc1ccc(OC(C)COc2ccc(N)cc2)cc1. The highest BCUT2D eigenvalue weighted by atomic mass is 16.5. The Morgan fingerprint density at radius 2 is 0.878 bits per heavy atom. The van der Waals surface area contributed by atoms with Gasteiger partial charge in [0.2, 0.25) is 0 Å². The van der Waals surface area contributed by atoms with Crippen LogP contribution in [0, 0.1) is 6.92 Å². The van der Waals surface area contributed by atoms with E-state index in [1.54, 1.807) is 0 Å². The van der Waals surface area contributed by atoms with Gasteiger partial charge in [-0.3, -0.25) is 0 Å². The van der Waals surface area contributed by atoms with Crippen molar-refractivity contribution in [2.75, 3.05) is 24.7 Å². The normalized spacial score (nSPS) is 12.3. The summed E-state index contributed by atoms with van der Waals surface area (Å²) in [6.45, 7) is 13.6. The minimum Gasteiger partial charge on any atom is -0.490 e. The highest BCUT2D eigenvalue weighted by Crippen LogP contribution is 2.25. The topological polar surface area (TPSA) is 89.0 Å². The Bertz CT molecular complexity index is 1300. The standard InChI is InChI=1S/C19H25NO2.C16H19NO2/c1-14(13-21-17-11-7-16(20)8-12-17)22-18-9-5-15(6-10-18)19(2,3)4;1-12-3-7-16(8-4-12)19-13(2)11-18-15-9-5-14(17)6-10-15/h5-12,14H,13,20H2,1-4H3;3-10,13H,11,17H2,1-2H3. The molecule has 4 aromatic carbocycles. The van der Waals surface area contributed by atoms with E-state index >= 15 is 0 Å². The van der Waals surface area contributed by atoms with Gasteiger partial charge in [-0.1, -0.05) is 50.6 Å². The predicted octanol–water partition coefficient (Wildman–Crippen LogP) is 7.84. The Morgan fingerprint density at radius 1 is 0.537 bits per heavy atom. The van der Waals surface area contributed by atoms with Gasteiger partial charge in [0.25, 0.3) is 0 Å². The molecule has 0 aliphatic heterocycles. The van der Waals surface area contributed by atoms with Crippen molar-refractivity contribution in [2.24, 2.45) is 0 Å². The van der Waals surface area contributed by atoms with Gasteiger partial charge in [0.1, 0.15) is 48.4 Å². The number of benzene rings is 4. The van der Waals surface area contributed by atoms with Gasteiger partial charge in [-0.25, -0.2) is 0 Å². The van der Waals surface area contributed by atoms with Crippen LogP contribution in [0.1, 0.15) is 45.7 Å². The molecule has 2 unspecified atom stereocenters. The summed E-state index contributed by atoms with van der Waals surface area (Å²) in [4.78, 5) is 0. The molecule has 6 nitrogen and oxygen atoms in total. The van der Waals surface area contributed by atoms with Crippen molar-refractivity contribution >= 4 is 11.4 Å². The van der Waals surface area contributed by atoms with Crippen LogP contribution < -0.4 is 30.4 Å². The first kappa shape index (κ1) is 31.2. The van der Waals surface area contributed by atoms with Gasteiger partial charge in [0.05, 0.1) is 0 Å². The summed E-state index contributed by atoms with van der Waals surface area (Å²) in [5.41, 5.74) is 15.4. The minimum absolute atomic E-state index is 0.0136. The fourth-order valence-corrected chi connectivity index (χ4v) is 3.74. The molecule has 218 valence electrons. The van der Waals surface area contributed by atoms with Crippen molar-refractivity contribution in [3.8, 4) is 23.0 Å². The van der Waals surface area contributed by atoms with E-state index < -0.39 is 0 Å². The third-order valence-electron chi connectivity index (χ3n) is 6.15. The maximum absolute atomic E-state index is 5.88. The van der Waals surface area contributed by atoms with E-state index in [2.05, 4.69) is 39.8 Å². The average molecular weight is 557 g/mol. The summed E-state index contributed by atoms with van der Waals surface area (Å²) in [6.07, 6.45) is -0.0432. The molecule has 0 saturated carbocycles. The highest BCUT2D eigenvalue weighted by molar-refractivity contribution is 5.42. The monoisotopic (exact) mass is 556 g/mol. The van der Waals surface area contributed by atoms with Crippen molar-refractivity contribution in [2.45, 2.75) is 59.2 Å². The molecule has 4 rings (SSSR count). The van der Waals surface area contributed by atoms with Gasteiger partial charge in [-0.2, -0.15) is 0 Å². The first-order chi connectivity index (χ1) is 19.5. The molecule has 6 heteroatoms. The molecule has 0 radical (unpaired) electrons. The predicted molar refractivity (Wildman–Crippen MR) is 169 cm³/mol. The van der Waals surface area contributed by atoms with E-state index in [0.29, 0.717) is 13.2 Å². The largest absolute Gasteiger partial charge is 0.490 e. The van der Waals surface area contributed by atoms with Crippen LogP contribution in [0.2, 0.25) is 0 Å². The molecular formula is C35H44N2O4. The lowest BCUT2D eigenvalue weighted by atomic mass is 9.87. The number of hydrogen-bond donors (Lipinski definition) is 2. The lowest BCUT2D eigenvalue weighted by molar-refractivity contribution is 0.143. The number of anilines is 2. The maximum Gasteiger partial charge on any atom is 0.130 e. The van der Waals surface area contributed by atoms with Gasteiger partial charge in [0.15, 0.2) is 0 Å². The van der Waals surface area contributed by atoms with E-state index in [-0.39, 0.29) is 17.6 Å². The van der Waals surface area contributed by atoms with Crippen LogP contribution in [0.3, 0.4) is 0 Å². The second-order valence-corrected chi connectivity index (χ2v) is 11.2. The number of hydrogen-bond acceptors (Lipinski definition) is 6.